The number of methoxy groups -OCH3 is 1. The van der Waals surface area contributed by atoms with E-state index in [1.165, 1.54) is 11.8 Å². The Morgan fingerprint density at radius 2 is 1.88 bits per heavy atom. The maximum Gasteiger partial charge on any atom is 0.237 e. The van der Waals surface area contributed by atoms with Gasteiger partial charge in [-0.1, -0.05) is 42.1 Å². The number of tetrazole rings is 1. The van der Waals surface area contributed by atoms with Gasteiger partial charge in [0.1, 0.15) is 11.4 Å². The molecule has 0 saturated carbocycles. The molecule has 0 radical (unpaired) electrons. The topological polar surface area (TPSA) is 81.9 Å². The monoisotopic (exact) mass is 355 g/mol. The number of anilines is 1. The van der Waals surface area contributed by atoms with Gasteiger partial charge in [-0.15, -0.1) is 5.10 Å². The number of amides is 1. The zero-order valence-electron chi connectivity index (χ0n) is 13.8. The third-order valence-electron chi connectivity index (χ3n) is 3.45. The van der Waals surface area contributed by atoms with Crippen molar-refractivity contribution in [1.29, 1.82) is 0 Å². The first-order valence-electron chi connectivity index (χ1n) is 7.63. The van der Waals surface area contributed by atoms with Crippen LogP contribution in [0.1, 0.15) is 6.92 Å². The van der Waals surface area contributed by atoms with Gasteiger partial charge in [-0.05, 0) is 41.6 Å². The van der Waals surface area contributed by atoms with Crippen molar-refractivity contribution in [2.24, 2.45) is 0 Å². The van der Waals surface area contributed by atoms with Crippen molar-refractivity contribution in [2.75, 3.05) is 12.4 Å². The predicted octanol–water partition coefficient (Wildman–Crippen LogP) is 2.79. The lowest BCUT2D eigenvalue weighted by atomic mass is 10.3. The molecule has 3 rings (SSSR count). The van der Waals surface area contributed by atoms with Gasteiger partial charge in [-0.3, -0.25) is 4.79 Å². The van der Waals surface area contributed by atoms with Gasteiger partial charge in [0.2, 0.25) is 11.1 Å². The molecule has 7 nitrogen and oxygen atoms in total. The number of hydrogen-bond donors (Lipinski definition) is 1. The van der Waals surface area contributed by atoms with Gasteiger partial charge in [-0.2, -0.15) is 4.68 Å². The Bertz CT molecular complexity index is 853. The molecule has 0 aliphatic heterocycles. The van der Waals surface area contributed by atoms with E-state index in [-0.39, 0.29) is 11.2 Å². The zero-order chi connectivity index (χ0) is 17.6. The average molecular weight is 355 g/mol. The average Bonchev–Trinajstić information content (AvgIpc) is 3.10. The molecular weight excluding hydrogens is 338 g/mol. The van der Waals surface area contributed by atoms with Crippen molar-refractivity contribution in [3.05, 3.63) is 54.6 Å². The molecule has 8 heteroatoms. The van der Waals surface area contributed by atoms with Crippen LogP contribution in [0.25, 0.3) is 5.69 Å². The number of ether oxygens (including phenoxy) is 1. The van der Waals surface area contributed by atoms with Crippen LogP contribution in [0.2, 0.25) is 0 Å². The van der Waals surface area contributed by atoms with Crippen LogP contribution >= 0.6 is 11.8 Å². The third-order valence-corrected chi connectivity index (χ3v) is 4.48. The van der Waals surface area contributed by atoms with Crippen LogP contribution in [0.3, 0.4) is 0 Å². The van der Waals surface area contributed by atoms with E-state index in [2.05, 4.69) is 20.8 Å². The number of nitrogens with one attached hydrogen (secondary N) is 1. The fraction of sp³-hybridized carbons (Fsp3) is 0.176. The quantitative estimate of drug-likeness (QED) is 0.685. The number of carbonyl (C=O) groups is 1. The van der Waals surface area contributed by atoms with Crippen molar-refractivity contribution in [2.45, 2.75) is 17.3 Å². The van der Waals surface area contributed by atoms with E-state index in [0.717, 1.165) is 5.69 Å². The number of para-hydroxylation sites is 3. The van der Waals surface area contributed by atoms with Crippen molar-refractivity contribution in [3.8, 4) is 11.4 Å². The highest BCUT2D eigenvalue weighted by Crippen LogP contribution is 2.28. The van der Waals surface area contributed by atoms with E-state index in [9.17, 15) is 4.79 Å². The van der Waals surface area contributed by atoms with Crippen LogP contribution in [0, 0.1) is 0 Å². The molecule has 0 saturated heterocycles. The van der Waals surface area contributed by atoms with Crippen molar-refractivity contribution < 1.29 is 9.53 Å². The number of thioether (sulfide) groups is 1. The lowest BCUT2D eigenvalue weighted by Crippen LogP contribution is -2.22. The Hall–Kier alpha value is -2.87. The zero-order valence-corrected chi connectivity index (χ0v) is 14.6. The molecule has 0 spiro atoms. The van der Waals surface area contributed by atoms with Gasteiger partial charge in [0.25, 0.3) is 0 Å². The first kappa shape index (κ1) is 17.0. The summed E-state index contributed by atoms with van der Waals surface area (Å²) in [5.74, 6) is 0.531. The molecule has 0 aliphatic carbocycles. The summed E-state index contributed by atoms with van der Waals surface area (Å²) in [7, 11) is 1.59. The first-order chi connectivity index (χ1) is 12.2. The summed E-state index contributed by atoms with van der Waals surface area (Å²) in [6, 6.07) is 16.8. The van der Waals surface area contributed by atoms with Gasteiger partial charge in [-0.25, -0.2) is 0 Å². The number of nitrogens with zero attached hydrogens (tertiary/aromatic N) is 4. The summed E-state index contributed by atoms with van der Waals surface area (Å²) >= 11 is 1.28. The lowest BCUT2D eigenvalue weighted by molar-refractivity contribution is -0.115. The minimum atomic E-state index is -0.375. The van der Waals surface area contributed by atoms with Crippen molar-refractivity contribution in [3.63, 3.8) is 0 Å². The molecule has 1 aromatic heterocycles. The number of benzene rings is 2. The Balaban J connectivity index is 1.76. The molecule has 25 heavy (non-hydrogen) atoms. The van der Waals surface area contributed by atoms with E-state index in [4.69, 9.17) is 4.74 Å². The van der Waals surface area contributed by atoms with Gasteiger partial charge < -0.3 is 10.1 Å². The highest BCUT2D eigenvalue weighted by molar-refractivity contribution is 8.00. The molecule has 0 fully saturated rings. The van der Waals surface area contributed by atoms with Crippen LogP contribution in [0.5, 0.6) is 5.75 Å². The molecule has 3 aromatic rings. The van der Waals surface area contributed by atoms with Crippen molar-refractivity contribution in [1.82, 2.24) is 20.2 Å². The van der Waals surface area contributed by atoms with Crippen LogP contribution in [0.15, 0.2) is 59.8 Å². The largest absolute Gasteiger partial charge is 0.494 e. The van der Waals surface area contributed by atoms with Crippen molar-refractivity contribution >= 4 is 23.4 Å². The van der Waals surface area contributed by atoms with Gasteiger partial charge >= 0.3 is 0 Å². The van der Waals surface area contributed by atoms with Gasteiger partial charge in [0.15, 0.2) is 0 Å². The second kappa shape index (κ2) is 7.80. The highest BCUT2D eigenvalue weighted by Gasteiger charge is 2.20. The molecule has 2 aromatic carbocycles. The fourth-order valence-corrected chi connectivity index (χ4v) is 2.99. The lowest BCUT2D eigenvalue weighted by Gasteiger charge is -2.12. The Morgan fingerprint density at radius 3 is 2.64 bits per heavy atom. The normalized spacial score (nSPS) is 11.8. The van der Waals surface area contributed by atoms with E-state index in [1.54, 1.807) is 11.8 Å². The summed E-state index contributed by atoms with van der Waals surface area (Å²) in [5, 5.41) is 14.8. The van der Waals surface area contributed by atoms with Gasteiger partial charge in [0.05, 0.1) is 12.4 Å². The Kier molecular flexibility index (Phi) is 5.30. The molecule has 0 aliphatic rings. The van der Waals surface area contributed by atoms with E-state index in [0.29, 0.717) is 16.6 Å². The molecule has 0 bridgehead atoms. The van der Waals surface area contributed by atoms with Gasteiger partial charge in [0, 0.05) is 5.69 Å². The molecule has 1 amide bonds. The number of aromatic nitrogens is 4. The summed E-state index contributed by atoms with van der Waals surface area (Å²) in [6.07, 6.45) is 0. The minimum Gasteiger partial charge on any atom is -0.494 e. The molecule has 1 heterocycles. The van der Waals surface area contributed by atoms with Crippen LogP contribution < -0.4 is 10.1 Å². The smallest absolute Gasteiger partial charge is 0.237 e. The standard InChI is InChI=1S/C17H17N5O2S/c1-12(16(23)18-13-8-4-3-5-9-13)25-17-19-20-21-22(17)14-10-6-7-11-15(14)24-2/h3-12H,1-2H3,(H,18,23)/t12-/m0/s1. The first-order valence-corrected chi connectivity index (χ1v) is 8.51. The molecule has 1 N–H and O–H groups in total. The Labute approximate surface area is 149 Å². The molecular formula is C17H17N5O2S. The summed E-state index contributed by atoms with van der Waals surface area (Å²) in [5.41, 5.74) is 1.47. The fourth-order valence-electron chi connectivity index (χ4n) is 2.19. The number of carbonyl (C=O) groups excluding carboxylic acids is 1. The summed E-state index contributed by atoms with van der Waals surface area (Å²) in [6.45, 7) is 1.81. The molecule has 0 unspecified atom stereocenters. The third kappa shape index (κ3) is 3.97. The molecule has 128 valence electrons. The highest BCUT2D eigenvalue weighted by atomic mass is 32.2. The van der Waals surface area contributed by atoms with Crippen LogP contribution in [-0.2, 0) is 4.79 Å². The summed E-state index contributed by atoms with van der Waals surface area (Å²) in [4.78, 5) is 12.4. The van der Waals surface area contributed by atoms with E-state index < -0.39 is 0 Å². The van der Waals surface area contributed by atoms with Crippen LogP contribution in [-0.4, -0.2) is 38.5 Å². The number of rotatable bonds is 6. The van der Waals surface area contributed by atoms with Crippen LogP contribution in [0.4, 0.5) is 5.69 Å². The second-order valence-corrected chi connectivity index (χ2v) is 6.47. The number of hydrogen-bond acceptors (Lipinski definition) is 6. The van der Waals surface area contributed by atoms with E-state index in [1.807, 2.05) is 61.5 Å². The SMILES string of the molecule is COc1ccccc1-n1nnnc1S[C@@H](C)C(=O)Nc1ccccc1. The Morgan fingerprint density at radius 1 is 1.16 bits per heavy atom. The van der Waals surface area contributed by atoms with E-state index >= 15 is 0 Å². The maximum absolute atomic E-state index is 12.4. The maximum atomic E-state index is 12.4. The second-order valence-electron chi connectivity index (χ2n) is 5.16. The minimum absolute atomic E-state index is 0.120. The predicted molar refractivity (Wildman–Crippen MR) is 96.1 cm³/mol. The molecule has 1 atom stereocenters. The summed E-state index contributed by atoms with van der Waals surface area (Å²) < 4.78 is 6.92.